The average Bonchev–Trinajstić information content (AvgIpc) is 2.69. The summed E-state index contributed by atoms with van der Waals surface area (Å²) in [6, 6.07) is 0.379. The standard InChI is InChI=1S/C21H34N4O/c1-4-21(2,3)17-5-7-18(8-6-17)24-20(26)16-9-13-25(14-10-16)19-15-22-11-12-23-19/h11-12,15-18H,4-10,13-14H2,1-3H3,(H,24,26). The molecule has 0 radical (unpaired) electrons. The van der Waals surface area contributed by atoms with Gasteiger partial charge in [-0.25, -0.2) is 4.98 Å². The van der Waals surface area contributed by atoms with Crippen molar-refractivity contribution in [2.24, 2.45) is 17.3 Å². The molecular formula is C21H34N4O. The van der Waals surface area contributed by atoms with Crippen molar-refractivity contribution >= 4 is 11.7 Å². The maximum Gasteiger partial charge on any atom is 0.223 e. The number of carbonyl (C=O) groups excluding carboxylic acids is 1. The van der Waals surface area contributed by atoms with Gasteiger partial charge in [-0.3, -0.25) is 9.78 Å². The van der Waals surface area contributed by atoms with Crippen molar-refractivity contribution in [3.63, 3.8) is 0 Å². The van der Waals surface area contributed by atoms with E-state index < -0.39 is 0 Å². The first-order chi connectivity index (χ1) is 12.5. The molecule has 3 rings (SSSR count). The quantitative estimate of drug-likeness (QED) is 0.870. The summed E-state index contributed by atoms with van der Waals surface area (Å²) in [6.45, 7) is 8.84. The highest BCUT2D eigenvalue weighted by Crippen LogP contribution is 2.40. The lowest BCUT2D eigenvalue weighted by Crippen LogP contribution is -2.45. The van der Waals surface area contributed by atoms with Gasteiger partial charge < -0.3 is 10.2 Å². The third kappa shape index (κ3) is 4.54. The molecule has 1 amide bonds. The number of aromatic nitrogens is 2. The van der Waals surface area contributed by atoms with Gasteiger partial charge in [0.15, 0.2) is 0 Å². The zero-order valence-electron chi connectivity index (χ0n) is 16.6. The molecule has 0 atom stereocenters. The van der Waals surface area contributed by atoms with Gasteiger partial charge in [0.2, 0.25) is 5.91 Å². The normalized spacial score (nSPS) is 25.1. The van der Waals surface area contributed by atoms with E-state index in [0.717, 1.165) is 50.5 Å². The van der Waals surface area contributed by atoms with Gasteiger partial charge in [0.05, 0.1) is 6.20 Å². The van der Waals surface area contributed by atoms with E-state index >= 15 is 0 Å². The molecule has 1 aliphatic carbocycles. The Balaban J connectivity index is 1.43. The molecule has 2 fully saturated rings. The summed E-state index contributed by atoms with van der Waals surface area (Å²) in [7, 11) is 0. The molecule has 26 heavy (non-hydrogen) atoms. The molecule has 0 aromatic carbocycles. The number of piperidine rings is 1. The lowest BCUT2D eigenvalue weighted by Gasteiger charge is -2.39. The molecule has 1 N–H and O–H groups in total. The van der Waals surface area contributed by atoms with Crippen LogP contribution in [0.1, 0.15) is 65.7 Å². The number of hydrogen-bond acceptors (Lipinski definition) is 4. The van der Waals surface area contributed by atoms with E-state index in [1.807, 2.05) is 0 Å². The SMILES string of the molecule is CCC(C)(C)C1CCC(NC(=O)C2CCN(c3cnccn3)CC2)CC1. The third-order valence-electron chi connectivity index (χ3n) is 6.83. The smallest absolute Gasteiger partial charge is 0.223 e. The average molecular weight is 359 g/mol. The fourth-order valence-electron chi connectivity index (χ4n) is 4.45. The highest BCUT2D eigenvalue weighted by molar-refractivity contribution is 5.79. The maximum atomic E-state index is 12.7. The predicted molar refractivity (Wildman–Crippen MR) is 105 cm³/mol. The first-order valence-electron chi connectivity index (χ1n) is 10.3. The van der Waals surface area contributed by atoms with Crippen LogP contribution in [0.5, 0.6) is 0 Å². The summed E-state index contributed by atoms with van der Waals surface area (Å²) in [5.41, 5.74) is 0.433. The zero-order valence-corrected chi connectivity index (χ0v) is 16.6. The highest BCUT2D eigenvalue weighted by Gasteiger charge is 2.33. The van der Waals surface area contributed by atoms with Crippen molar-refractivity contribution < 1.29 is 4.79 Å². The molecule has 2 heterocycles. The summed E-state index contributed by atoms with van der Waals surface area (Å²) in [5.74, 6) is 2.13. The fraction of sp³-hybridized carbons (Fsp3) is 0.762. The second-order valence-electron chi connectivity index (χ2n) is 8.72. The molecular weight excluding hydrogens is 324 g/mol. The van der Waals surface area contributed by atoms with Crippen LogP contribution in [0.4, 0.5) is 5.82 Å². The van der Waals surface area contributed by atoms with Crippen LogP contribution in [0.15, 0.2) is 18.6 Å². The van der Waals surface area contributed by atoms with Gasteiger partial charge >= 0.3 is 0 Å². The third-order valence-corrected chi connectivity index (χ3v) is 6.83. The van der Waals surface area contributed by atoms with Crippen molar-refractivity contribution in [1.82, 2.24) is 15.3 Å². The van der Waals surface area contributed by atoms with Crippen LogP contribution in [0.25, 0.3) is 0 Å². The van der Waals surface area contributed by atoms with E-state index in [4.69, 9.17) is 0 Å². The molecule has 1 saturated heterocycles. The number of rotatable bonds is 5. The second-order valence-corrected chi connectivity index (χ2v) is 8.72. The van der Waals surface area contributed by atoms with Gasteiger partial charge in [-0.05, 0) is 49.9 Å². The van der Waals surface area contributed by atoms with Crippen LogP contribution in [0.3, 0.4) is 0 Å². The van der Waals surface area contributed by atoms with Crippen LogP contribution < -0.4 is 10.2 Å². The minimum atomic E-state index is 0.146. The molecule has 144 valence electrons. The van der Waals surface area contributed by atoms with Crippen LogP contribution in [0.2, 0.25) is 0 Å². The Morgan fingerprint density at radius 2 is 1.85 bits per heavy atom. The summed E-state index contributed by atoms with van der Waals surface area (Å²) in [4.78, 5) is 23.4. The summed E-state index contributed by atoms with van der Waals surface area (Å²) >= 11 is 0. The molecule has 1 aromatic heterocycles. The largest absolute Gasteiger partial charge is 0.355 e. The van der Waals surface area contributed by atoms with Gasteiger partial charge in [0.25, 0.3) is 0 Å². The summed E-state index contributed by atoms with van der Waals surface area (Å²) in [5, 5.41) is 3.35. The molecule has 1 saturated carbocycles. The van der Waals surface area contributed by atoms with Crippen LogP contribution in [-0.4, -0.2) is 35.0 Å². The van der Waals surface area contributed by atoms with Crippen molar-refractivity contribution in [3.05, 3.63) is 18.6 Å². The fourth-order valence-corrected chi connectivity index (χ4v) is 4.45. The topological polar surface area (TPSA) is 58.1 Å². The van der Waals surface area contributed by atoms with Crippen molar-refractivity contribution in [2.45, 2.75) is 71.8 Å². The van der Waals surface area contributed by atoms with Gasteiger partial charge in [0, 0.05) is 37.4 Å². The number of anilines is 1. The zero-order chi connectivity index (χ0) is 18.6. The Kier molecular flexibility index (Phi) is 6.15. The minimum absolute atomic E-state index is 0.146. The summed E-state index contributed by atoms with van der Waals surface area (Å²) in [6.07, 6.45) is 13.0. The van der Waals surface area contributed by atoms with E-state index in [-0.39, 0.29) is 11.8 Å². The lowest BCUT2D eigenvalue weighted by atomic mass is 9.69. The summed E-state index contributed by atoms with van der Waals surface area (Å²) < 4.78 is 0. The Morgan fingerprint density at radius 1 is 1.15 bits per heavy atom. The maximum absolute atomic E-state index is 12.7. The highest BCUT2D eigenvalue weighted by atomic mass is 16.1. The monoisotopic (exact) mass is 358 g/mol. The van der Waals surface area contributed by atoms with Crippen LogP contribution >= 0.6 is 0 Å². The number of amides is 1. The molecule has 0 bridgehead atoms. The van der Waals surface area contributed by atoms with Crippen molar-refractivity contribution in [3.8, 4) is 0 Å². The Labute approximate surface area is 158 Å². The Bertz CT molecular complexity index is 573. The molecule has 5 nitrogen and oxygen atoms in total. The van der Waals surface area contributed by atoms with E-state index in [2.05, 4.69) is 41.0 Å². The first kappa shape index (κ1) is 19.1. The molecule has 2 aliphatic rings. The number of hydrogen-bond donors (Lipinski definition) is 1. The molecule has 0 spiro atoms. The van der Waals surface area contributed by atoms with Crippen LogP contribution in [-0.2, 0) is 4.79 Å². The van der Waals surface area contributed by atoms with Gasteiger partial charge in [0.1, 0.15) is 5.82 Å². The molecule has 0 unspecified atom stereocenters. The molecule has 5 heteroatoms. The second kappa shape index (κ2) is 8.36. The Hall–Kier alpha value is -1.65. The predicted octanol–water partition coefficient (Wildman–Crippen LogP) is 3.80. The minimum Gasteiger partial charge on any atom is -0.355 e. The van der Waals surface area contributed by atoms with Gasteiger partial charge in [-0.2, -0.15) is 0 Å². The van der Waals surface area contributed by atoms with Crippen molar-refractivity contribution in [1.29, 1.82) is 0 Å². The van der Waals surface area contributed by atoms with E-state index in [9.17, 15) is 4.79 Å². The van der Waals surface area contributed by atoms with E-state index in [1.165, 1.54) is 19.3 Å². The van der Waals surface area contributed by atoms with Crippen LogP contribution in [0, 0.1) is 17.3 Å². The molecule has 1 aromatic rings. The van der Waals surface area contributed by atoms with Gasteiger partial charge in [-0.15, -0.1) is 0 Å². The van der Waals surface area contributed by atoms with E-state index in [0.29, 0.717) is 11.5 Å². The molecule has 1 aliphatic heterocycles. The van der Waals surface area contributed by atoms with E-state index in [1.54, 1.807) is 18.6 Å². The van der Waals surface area contributed by atoms with Gasteiger partial charge in [-0.1, -0.05) is 27.2 Å². The number of carbonyl (C=O) groups is 1. The Morgan fingerprint density at radius 3 is 2.42 bits per heavy atom. The lowest BCUT2D eigenvalue weighted by molar-refractivity contribution is -0.126. The number of nitrogens with one attached hydrogen (secondary N) is 1. The van der Waals surface area contributed by atoms with Crippen molar-refractivity contribution in [2.75, 3.05) is 18.0 Å². The first-order valence-corrected chi connectivity index (χ1v) is 10.3. The number of nitrogens with zero attached hydrogens (tertiary/aromatic N) is 3.